The van der Waals surface area contributed by atoms with Gasteiger partial charge in [-0.25, -0.2) is 4.79 Å². The molecule has 0 heterocycles. The predicted octanol–water partition coefficient (Wildman–Crippen LogP) is 2.79. The molecule has 0 radical (unpaired) electrons. The number of alkyl halides is 1. The van der Waals surface area contributed by atoms with Crippen LogP contribution in [0.2, 0.25) is 0 Å². The fraction of sp³-hybridized carbons (Fsp3) is 0.882. The molecule has 142 valence electrons. The van der Waals surface area contributed by atoms with E-state index in [4.69, 9.17) is 4.74 Å². The number of amides is 1. The van der Waals surface area contributed by atoms with Gasteiger partial charge in [0, 0.05) is 33.2 Å². The maximum absolute atomic E-state index is 12.2. The minimum absolute atomic E-state index is 0.00579. The molecule has 0 aliphatic carbocycles. The van der Waals surface area contributed by atoms with E-state index in [-0.39, 0.29) is 18.6 Å². The molecule has 0 saturated carbocycles. The quantitative estimate of drug-likeness (QED) is 0.403. The Balaban J connectivity index is 4.49. The first-order chi connectivity index (χ1) is 11.1. The van der Waals surface area contributed by atoms with Gasteiger partial charge in [0.25, 0.3) is 0 Å². The van der Waals surface area contributed by atoms with Crippen LogP contribution in [0.4, 0.5) is 9.18 Å². The van der Waals surface area contributed by atoms with Gasteiger partial charge in [-0.15, -0.1) is 0 Å². The van der Waals surface area contributed by atoms with Crippen molar-refractivity contribution < 1.29 is 13.9 Å². The van der Waals surface area contributed by atoms with E-state index in [1.807, 2.05) is 32.7 Å². The van der Waals surface area contributed by atoms with Crippen LogP contribution in [0.3, 0.4) is 0 Å². The fourth-order valence-electron chi connectivity index (χ4n) is 2.12. The fourth-order valence-corrected chi connectivity index (χ4v) is 2.12. The highest BCUT2D eigenvalue weighted by Gasteiger charge is 2.22. The molecule has 0 aliphatic rings. The molecule has 2 N–H and O–H groups in total. The summed E-state index contributed by atoms with van der Waals surface area (Å²) in [6, 6.07) is 0.00579. The lowest BCUT2D eigenvalue weighted by molar-refractivity contribution is 0.0486. The van der Waals surface area contributed by atoms with Gasteiger partial charge in [0.2, 0.25) is 0 Å². The van der Waals surface area contributed by atoms with Gasteiger partial charge >= 0.3 is 6.09 Å². The zero-order valence-corrected chi connectivity index (χ0v) is 16.3. The van der Waals surface area contributed by atoms with Gasteiger partial charge in [-0.05, 0) is 39.5 Å². The Kier molecular flexibility index (Phi) is 10.4. The first kappa shape index (κ1) is 22.5. The Labute approximate surface area is 146 Å². The molecule has 1 unspecified atom stereocenters. The van der Waals surface area contributed by atoms with Crippen molar-refractivity contribution in [1.29, 1.82) is 0 Å². The van der Waals surface area contributed by atoms with Gasteiger partial charge < -0.3 is 20.3 Å². The van der Waals surface area contributed by atoms with Crippen molar-refractivity contribution in [2.24, 2.45) is 10.9 Å². The van der Waals surface area contributed by atoms with Crippen LogP contribution in [-0.4, -0.2) is 62.5 Å². The normalized spacial score (nSPS) is 13.6. The maximum Gasteiger partial charge on any atom is 0.407 e. The highest BCUT2D eigenvalue weighted by Crippen LogP contribution is 2.11. The molecule has 0 aromatic carbocycles. The molecule has 24 heavy (non-hydrogen) atoms. The second-order valence-electron chi connectivity index (χ2n) is 7.22. The number of halogens is 1. The second kappa shape index (κ2) is 11.1. The standard InChI is InChI=1S/C17H35FN4O2/c1-13(2)14(21-16(23)24-17(3,4)5)9-12-22(7)15(19-6)20-11-8-10-18/h13-14H,8-12H2,1-7H3,(H,19,20)(H,21,23). The van der Waals surface area contributed by atoms with Crippen molar-refractivity contribution in [3.05, 3.63) is 0 Å². The van der Waals surface area contributed by atoms with E-state index >= 15 is 0 Å². The van der Waals surface area contributed by atoms with Gasteiger partial charge in [0.05, 0.1) is 6.67 Å². The summed E-state index contributed by atoms with van der Waals surface area (Å²) in [5, 5.41) is 6.06. The molecule has 1 amide bonds. The number of nitrogens with one attached hydrogen (secondary N) is 2. The average molecular weight is 346 g/mol. The third-order valence-corrected chi connectivity index (χ3v) is 3.45. The van der Waals surface area contributed by atoms with Gasteiger partial charge in [-0.2, -0.15) is 0 Å². The number of guanidine groups is 1. The summed E-state index contributed by atoms with van der Waals surface area (Å²) in [5.41, 5.74) is -0.509. The molecule has 0 spiro atoms. The molecule has 0 rings (SSSR count). The lowest BCUT2D eigenvalue weighted by Gasteiger charge is -2.28. The number of ether oxygens (including phenoxy) is 1. The van der Waals surface area contributed by atoms with Crippen LogP contribution >= 0.6 is 0 Å². The number of hydrogen-bond donors (Lipinski definition) is 2. The molecule has 0 saturated heterocycles. The first-order valence-electron chi connectivity index (χ1n) is 8.58. The SMILES string of the molecule is CN=C(NCCCF)N(C)CCC(NC(=O)OC(C)(C)C)C(C)C. The Hall–Kier alpha value is -1.53. The van der Waals surface area contributed by atoms with E-state index in [0.717, 1.165) is 12.4 Å². The molecule has 0 fully saturated rings. The lowest BCUT2D eigenvalue weighted by Crippen LogP contribution is -2.45. The number of carbonyl (C=O) groups excluding carboxylic acids is 1. The Morgan fingerprint density at radius 2 is 1.96 bits per heavy atom. The van der Waals surface area contributed by atoms with E-state index in [1.54, 1.807) is 7.05 Å². The molecule has 6 nitrogen and oxygen atoms in total. The second-order valence-corrected chi connectivity index (χ2v) is 7.22. The number of nitrogens with zero attached hydrogens (tertiary/aromatic N) is 2. The number of rotatable bonds is 8. The lowest BCUT2D eigenvalue weighted by atomic mass is 10.0. The molecule has 0 bridgehead atoms. The van der Waals surface area contributed by atoms with Gasteiger partial charge in [-0.3, -0.25) is 9.38 Å². The van der Waals surface area contributed by atoms with Crippen LogP contribution in [0.15, 0.2) is 4.99 Å². The van der Waals surface area contributed by atoms with Crippen LogP contribution < -0.4 is 10.6 Å². The molecule has 7 heteroatoms. The van der Waals surface area contributed by atoms with Crippen molar-refractivity contribution in [1.82, 2.24) is 15.5 Å². The smallest absolute Gasteiger partial charge is 0.407 e. The number of alkyl carbamates (subject to hydrolysis) is 1. The summed E-state index contributed by atoms with van der Waals surface area (Å²) in [5.74, 6) is 1.01. The first-order valence-corrected chi connectivity index (χ1v) is 8.58. The van der Waals surface area contributed by atoms with Crippen LogP contribution in [0.5, 0.6) is 0 Å². The Morgan fingerprint density at radius 3 is 2.42 bits per heavy atom. The van der Waals surface area contributed by atoms with Crippen LogP contribution in [-0.2, 0) is 4.74 Å². The molecule has 0 aromatic rings. The third-order valence-electron chi connectivity index (χ3n) is 3.45. The highest BCUT2D eigenvalue weighted by atomic mass is 19.1. The molecule has 0 aromatic heterocycles. The molecular formula is C17H35FN4O2. The minimum atomic E-state index is -0.509. The summed E-state index contributed by atoms with van der Waals surface area (Å²) in [4.78, 5) is 18.1. The van der Waals surface area contributed by atoms with E-state index < -0.39 is 11.7 Å². The largest absolute Gasteiger partial charge is 0.444 e. The topological polar surface area (TPSA) is 66.0 Å². The van der Waals surface area contributed by atoms with E-state index in [9.17, 15) is 9.18 Å². The van der Waals surface area contributed by atoms with Gasteiger partial charge in [-0.1, -0.05) is 13.8 Å². The predicted molar refractivity (Wildman–Crippen MR) is 97.2 cm³/mol. The van der Waals surface area contributed by atoms with Crippen molar-refractivity contribution in [3.8, 4) is 0 Å². The van der Waals surface area contributed by atoms with Crippen LogP contribution in [0.1, 0.15) is 47.5 Å². The Bertz CT molecular complexity index is 395. The molecular weight excluding hydrogens is 311 g/mol. The van der Waals surface area contributed by atoms with Gasteiger partial charge in [0.1, 0.15) is 5.60 Å². The van der Waals surface area contributed by atoms with Crippen molar-refractivity contribution >= 4 is 12.1 Å². The summed E-state index contributed by atoms with van der Waals surface area (Å²) >= 11 is 0. The Morgan fingerprint density at radius 1 is 1.33 bits per heavy atom. The zero-order valence-electron chi connectivity index (χ0n) is 16.3. The van der Waals surface area contributed by atoms with E-state index in [1.165, 1.54) is 0 Å². The average Bonchev–Trinajstić information content (AvgIpc) is 2.45. The minimum Gasteiger partial charge on any atom is -0.444 e. The number of aliphatic imine (C=N–C) groups is 1. The van der Waals surface area contributed by atoms with Gasteiger partial charge in [0.15, 0.2) is 5.96 Å². The summed E-state index contributed by atoms with van der Waals surface area (Å²) < 4.78 is 17.5. The third kappa shape index (κ3) is 10.3. The van der Waals surface area contributed by atoms with E-state index in [2.05, 4.69) is 29.5 Å². The summed E-state index contributed by atoms with van der Waals surface area (Å²) in [6.45, 7) is 10.6. The summed E-state index contributed by atoms with van der Waals surface area (Å²) in [6.07, 6.45) is 0.827. The van der Waals surface area contributed by atoms with Crippen molar-refractivity contribution in [2.75, 3.05) is 33.9 Å². The van der Waals surface area contributed by atoms with Crippen LogP contribution in [0, 0.1) is 5.92 Å². The monoisotopic (exact) mass is 346 g/mol. The van der Waals surface area contributed by atoms with Crippen molar-refractivity contribution in [3.63, 3.8) is 0 Å². The highest BCUT2D eigenvalue weighted by molar-refractivity contribution is 5.79. The van der Waals surface area contributed by atoms with Crippen LogP contribution in [0.25, 0.3) is 0 Å². The maximum atomic E-state index is 12.2. The summed E-state index contributed by atoms with van der Waals surface area (Å²) in [7, 11) is 3.63. The van der Waals surface area contributed by atoms with Crippen molar-refractivity contribution in [2.45, 2.75) is 59.1 Å². The zero-order chi connectivity index (χ0) is 18.8. The number of hydrogen-bond acceptors (Lipinski definition) is 3. The number of carbonyl (C=O) groups is 1. The van der Waals surface area contributed by atoms with E-state index in [0.29, 0.717) is 19.5 Å². The molecule has 0 aliphatic heterocycles. The molecule has 1 atom stereocenters.